The summed E-state index contributed by atoms with van der Waals surface area (Å²) in [4.78, 5) is 26.5. The molecule has 1 amide bonds. The lowest BCUT2D eigenvalue weighted by atomic mass is 9.95. The third-order valence-electron chi connectivity index (χ3n) is 6.10. The van der Waals surface area contributed by atoms with Gasteiger partial charge in [0.05, 0.1) is 23.7 Å². The maximum Gasteiger partial charge on any atom is 0.341 e. The molecule has 33 heavy (non-hydrogen) atoms. The minimum Gasteiger partial charge on any atom is -0.465 e. The first-order valence-electron chi connectivity index (χ1n) is 11.0. The largest absolute Gasteiger partial charge is 0.465 e. The molecule has 10 heteroatoms. The Morgan fingerprint density at radius 3 is 2.58 bits per heavy atom. The van der Waals surface area contributed by atoms with E-state index in [-0.39, 0.29) is 11.0 Å². The number of ether oxygens (including phenoxy) is 2. The highest BCUT2D eigenvalue weighted by Crippen LogP contribution is 2.38. The Morgan fingerprint density at radius 1 is 1.18 bits per heavy atom. The monoisotopic (exact) mass is 492 g/mol. The van der Waals surface area contributed by atoms with Crippen LogP contribution in [0, 0.1) is 0 Å². The van der Waals surface area contributed by atoms with Crippen molar-refractivity contribution in [1.82, 2.24) is 4.31 Å². The van der Waals surface area contributed by atoms with Gasteiger partial charge in [0.25, 0.3) is 5.91 Å². The van der Waals surface area contributed by atoms with Crippen LogP contribution in [0.3, 0.4) is 0 Å². The predicted octanol–water partition coefficient (Wildman–Crippen LogP) is 3.47. The van der Waals surface area contributed by atoms with E-state index in [1.165, 1.54) is 54.1 Å². The van der Waals surface area contributed by atoms with Crippen molar-refractivity contribution in [2.75, 3.05) is 32.6 Å². The fraction of sp³-hybridized carbons (Fsp3) is 0.478. The number of rotatable bonds is 7. The van der Waals surface area contributed by atoms with E-state index in [2.05, 4.69) is 5.32 Å². The zero-order chi connectivity index (χ0) is 23.6. The van der Waals surface area contributed by atoms with Gasteiger partial charge in [-0.05, 0) is 68.4 Å². The van der Waals surface area contributed by atoms with Crippen molar-refractivity contribution in [2.24, 2.45) is 0 Å². The lowest BCUT2D eigenvalue weighted by Crippen LogP contribution is -2.34. The van der Waals surface area contributed by atoms with Crippen molar-refractivity contribution in [3.05, 3.63) is 45.8 Å². The molecule has 1 fully saturated rings. The summed E-state index contributed by atoms with van der Waals surface area (Å²) in [7, 11) is -0.827. The second kappa shape index (κ2) is 9.92. The van der Waals surface area contributed by atoms with E-state index >= 15 is 0 Å². The van der Waals surface area contributed by atoms with Gasteiger partial charge in [0.15, 0.2) is 0 Å². The smallest absolute Gasteiger partial charge is 0.341 e. The summed E-state index contributed by atoms with van der Waals surface area (Å²) in [6.45, 7) is 0.956. The molecule has 4 rings (SSSR count). The first kappa shape index (κ1) is 23.9. The van der Waals surface area contributed by atoms with Gasteiger partial charge in [0.1, 0.15) is 5.00 Å². The summed E-state index contributed by atoms with van der Waals surface area (Å²) in [6.07, 6.45) is 5.42. The number of esters is 1. The van der Waals surface area contributed by atoms with Crippen LogP contribution in [-0.4, -0.2) is 58.0 Å². The number of methoxy groups -OCH3 is 1. The summed E-state index contributed by atoms with van der Waals surface area (Å²) >= 11 is 1.41. The number of hydrogen-bond donors (Lipinski definition) is 1. The Bertz CT molecular complexity index is 1130. The van der Waals surface area contributed by atoms with E-state index < -0.39 is 21.9 Å². The highest BCUT2D eigenvalue weighted by molar-refractivity contribution is 7.89. The number of nitrogens with one attached hydrogen (secondary N) is 1. The lowest BCUT2D eigenvalue weighted by molar-refractivity contribution is 0.0601. The molecule has 1 atom stereocenters. The number of nitrogens with zero attached hydrogens (tertiary/aromatic N) is 1. The first-order valence-corrected chi connectivity index (χ1v) is 13.3. The molecule has 1 unspecified atom stereocenters. The van der Waals surface area contributed by atoms with Crippen LogP contribution in [0.5, 0.6) is 0 Å². The van der Waals surface area contributed by atoms with Crippen LogP contribution in [-0.2, 0) is 32.3 Å². The Balaban J connectivity index is 1.50. The molecule has 1 aliphatic heterocycles. The van der Waals surface area contributed by atoms with Crippen LogP contribution in [0.4, 0.5) is 5.00 Å². The molecule has 0 spiro atoms. The number of carbonyl (C=O) groups is 2. The topological polar surface area (TPSA) is 102 Å². The Kier molecular flexibility index (Phi) is 7.18. The number of sulfonamides is 1. The quantitative estimate of drug-likeness (QED) is 0.594. The minimum absolute atomic E-state index is 0.0875. The summed E-state index contributed by atoms with van der Waals surface area (Å²) in [5.74, 6) is -0.865. The SMILES string of the molecule is COC(=O)c1c(NC(=O)c2ccc(S(=O)(=O)N(C)CC3CCCO3)cc2)sc2c1CCCC2. The maximum absolute atomic E-state index is 12.9. The molecule has 2 aliphatic rings. The Labute approximate surface area is 197 Å². The summed E-state index contributed by atoms with van der Waals surface area (Å²) < 4.78 is 37.5. The Morgan fingerprint density at radius 2 is 1.91 bits per heavy atom. The molecule has 1 saturated heterocycles. The Hall–Kier alpha value is -2.27. The molecule has 1 N–H and O–H groups in total. The third kappa shape index (κ3) is 4.98. The highest BCUT2D eigenvalue weighted by Gasteiger charge is 2.28. The fourth-order valence-electron chi connectivity index (χ4n) is 4.28. The molecule has 0 radical (unpaired) electrons. The number of thiophene rings is 1. The molecule has 178 valence electrons. The highest BCUT2D eigenvalue weighted by atomic mass is 32.2. The van der Waals surface area contributed by atoms with Gasteiger partial charge in [-0.25, -0.2) is 13.2 Å². The fourth-order valence-corrected chi connectivity index (χ4v) is 6.75. The van der Waals surface area contributed by atoms with Crippen molar-refractivity contribution in [3.63, 3.8) is 0 Å². The van der Waals surface area contributed by atoms with Crippen LogP contribution in [0.25, 0.3) is 0 Å². The number of likely N-dealkylation sites (N-methyl/N-ethyl adjacent to an activating group) is 1. The zero-order valence-corrected chi connectivity index (χ0v) is 20.4. The van der Waals surface area contributed by atoms with E-state index in [0.29, 0.717) is 29.3 Å². The predicted molar refractivity (Wildman–Crippen MR) is 125 cm³/mol. The van der Waals surface area contributed by atoms with Crippen LogP contribution in [0.1, 0.15) is 56.8 Å². The minimum atomic E-state index is -3.69. The molecule has 1 aliphatic carbocycles. The number of hydrogen-bond acceptors (Lipinski definition) is 7. The van der Waals surface area contributed by atoms with Gasteiger partial charge in [0, 0.05) is 30.6 Å². The van der Waals surface area contributed by atoms with Gasteiger partial charge in [-0.1, -0.05) is 0 Å². The lowest BCUT2D eigenvalue weighted by Gasteiger charge is -2.20. The number of amides is 1. The zero-order valence-electron chi connectivity index (χ0n) is 18.8. The molecule has 1 aromatic heterocycles. The third-order valence-corrected chi connectivity index (χ3v) is 9.14. The second-order valence-corrected chi connectivity index (χ2v) is 11.5. The van der Waals surface area contributed by atoms with E-state index in [9.17, 15) is 18.0 Å². The van der Waals surface area contributed by atoms with Crippen LogP contribution in [0.2, 0.25) is 0 Å². The molecular weight excluding hydrogens is 464 g/mol. The van der Waals surface area contributed by atoms with Crippen molar-refractivity contribution in [1.29, 1.82) is 0 Å². The second-order valence-electron chi connectivity index (χ2n) is 8.31. The van der Waals surface area contributed by atoms with Gasteiger partial charge in [-0.15, -0.1) is 11.3 Å². The normalized spacial score (nSPS) is 18.2. The van der Waals surface area contributed by atoms with Gasteiger partial charge in [-0.3, -0.25) is 4.79 Å². The molecule has 2 heterocycles. The van der Waals surface area contributed by atoms with Crippen LogP contribution in [0.15, 0.2) is 29.2 Å². The molecule has 8 nitrogen and oxygen atoms in total. The van der Waals surface area contributed by atoms with Crippen molar-refractivity contribution >= 4 is 38.2 Å². The number of fused-ring (bicyclic) bond motifs is 1. The molecular formula is C23H28N2O6S2. The summed E-state index contributed by atoms with van der Waals surface area (Å²) in [5.41, 5.74) is 1.70. The maximum atomic E-state index is 12.9. The van der Waals surface area contributed by atoms with Crippen molar-refractivity contribution < 1.29 is 27.5 Å². The van der Waals surface area contributed by atoms with E-state index in [0.717, 1.165) is 49.0 Å². The average Bonchev–Trinajstić information content (AvgIpc) is 3.45. The van der Waals surface area contributed by atoms with Crippen LogP contribution >= 0.6 is 11.3 Å². The number of benzene rings is 1. The van der Waals surface area contributed by atoms with Crippen LogP contribution < -0.4 is 5.32 Å². The standard InChI is InChI=1S/C23H28N2O6S2/c1-25(14-16-6-5-13-31-16)33(28,29)17-11-9-15(10-12-17)21(26)24-22-20(23(27)30-2)18-7-3-4-8-19(18)32-22/h9-12,16H,3-8,13-14H2,1-2H3,(H,24,26). The van der Waals surface area contributed by atoms with Gasteiger partial charge in [0.2, 0.25) is 10.0 Å². The van der Waals surface area contributed by atoms with Crippen molar-refractivity contribution in [2.45, 2.75) is 49.5 Å². The number of carbonyl (C=O) groups excluding carboxylic acids is 2. The summed E-state index contributed by atoms with van der Waals surface area (Å²) in [5, 5.41) is 3.31. The van der Waals surface area contributed by atoms with Gasteiger partial charge >= 0.3 is 5.97 Å². The molecule has 2 aromatic rings. The van der Waals surface area contributed by atoms with Crippen molar-refractivity contribution in [3.8, 4) is 0 Å². The summed E-state index contributed by atoms with van der Waals surface area (Å²) in [6, 6.07) is 5.81. The van der Waals surface area contributed by atoms with E-state index in [1.807, 2.05) is 0 Å². The van der Waals surface area contributed by atoms with E-state index in [4.69, 9.17) is 9.47 Å². The molecule has 0 bridgehead atoms. The van der Waals surface area contributed by atoms with Gasteiger partial charge < -0.3 is 14.8 Å². The van der Waals surface area contributed by atoms with E-state index in [1.54, 1.807) is 0 Å². The number of aryl methyl sites for hydroxylation is 1. The molecule has 0 saturated carbocycles. The molecule has 1 aromatic carbocycles. The first-order chi connectivity index (χ1) is 15.8. The number of anilines is 1. The van der Waals surface area contributed by atoms with Gasteiger partial charge in [-0.2, -0.15) is 4.31 Å². The average molecular weight is 493 g/mol.